The SMILES string of the molecule is Cc1ccc(F)cc1OCc1ccc(-c2cc(C(N)=O)on2)cc1. The highest BCUT2D eigenvalue weighted by atomic mass is 19.1. The Hall–Kier alpha value is -3.15. The molecule has 0 bridgehead atoms. The summed E-state index contributed by atoms with van der Waals surface area (Å²) in [6, 6.07) is 13.3. The highest BCUT2D eigenvalue weighted by Crippen LogP contribution is 2.22. The first-order chi connectivity index (χ1) is 11.5. The lowest BCUT2D eigenvalue weighted by atomic mass is 10.1. The Balaban J connectivity index is 1.70. The molecular formula is C18H15FN2O3. The Morgan fingerprint density at radius 1 is 1.21 bits per heavy atom. The number of ether oxygens (including phenoxy) is 1. The van der Waals surface area contributed by atoms with Crippen LogP contribution in [0.4, 0.5) is 4.39 Å². The van der Waals surface area contributed by atoms with E-state index in [1.165, 1.54) is 18.2 Å². The standard InChI is InChI=1S/C18H15FN2O3/c1-11-2-7-14(19)8-16(11)23-10-12-3-5-13(6-4-12)15-9-17(18(20)22)24-21-15/h2-9H,10H2,1H3,(H2,20,22). The minimum Gasteiger partial charge on any atom is -0.489 e. The van der Waals surface area contributed by atoms with Gasteiger partial charge in [0.1, 0.15) is 23.9 Å². The average molecular weight is 326 g/mol. The zero-order valence-electron chi connectivity index (χ0n) is 13.0. The number of benzene rings is 2. The number of hydrogen-bond donors (Lipinski definition) is 1. The highest BCUT2D eigenvalue weighted by molar-refractivity contribution is 5.90. The lowest BCUT2D eigenvalue weighted by Gasteiger charge is -2.09. The fourth-order valence-corrected chi connectivity index (χ4v) is 2.19. The topological polar surface area (TPSA) is 78.4 Å². The van der Waals surface area contributed by atoms with E-state index >= 15 is 0 Å². The number of hydrogen-bond acceptors (Lipinski definition) is 4. The molecule has 1 amide bonds. The van der Waals surface area contributed by atoms with E-state index in [-0.39, 0.29) is 11.6 Å². The molecule has 2 aromatic carbocycles. The van der Waals surface area contributed by atoms with Gasteiger partial charge in [-0.3, -0.25) is 4.79 Å². The van der Waals surface area contributed by atoms with Crippen molar-refractivity contribution >= 4 is 5.91 Å². The summed E-state index contributed by atoms with van der Waals surface area (Å²) in [7, 11) is 0. The summed E-state index contributed by atoms with van der Waals surface area (Å²) in [6.07, 6.45) is 0. The molecule has 3 aromatic rings. The van der Waals surface area contributed by atoms with Crippen LogP contribution in [0.5, 0.6) is 5.75 Å². The number of nitrogens with zero attached hydrogens (tertiary/aromatic N) is 1. The second-order valence-electron chi connectivity index (χ2n) is 5.34. The largest absolute Gasteiger partial charge is 0.489 e. The van der Waals surface area contributed by atoms with Crippen LogP contribution in [0.3, 0.4) is 0 Å². The summed E-state index contributed by atoms with van der Waals surface area (Å²) in [6.45, 7) is 2.18. The van der Waals surface area contributed by atoms with Gasteiger partial charge >= 0.3 is 0 Å². The third kappa shape index (κ3) is 3.43. The lowest BCUT2D eigenvalue weighted by Crippen LogP contribution is -2.09. The molecule has 2 N–H and O–H groups in total. The predicted molar refractivity (Wildman–Crippen MR) is 85.9 cm³/mol. The van der Waals surface area contributed by atoms with E-state index in [0.717, 1.165) is 16.7 Å². The maximum Gasteiger partial charge on any atom is 0.287 e. The van der Waals surface area contributed by atoms with E-state index in [0.29, 0.717) is 18.1 Å². The second-order valence-corrected chi connectivity index (χ2v) is 5.34. The first kappa shape index (κ1) is 15.7. The monoisotopic (exact) mass is 326 g/mol. The molecule has 1 aromatic heterocycles. The smallest absolute Gasteiger partial charge is 0.287 e. The van der Waals surface area contributed by atoms with Crippen LogP contribution in [0, 0.1) is 12.7 Å². The van der Waals surface area contributed by atoms with Crippen LogP contribution >= 0.6 is 0 Å². The number of nitrogens with two attached hydrogens (primary N) is 1. The summed E-state index contributed by atoms with van der Waals surface area (Å²) in [4.78, 5) is 11.0. The van der Waals surface area contributed by atoms with Crippen LogP contribution in [0.1, 0.15) is 21.7 Å². The van der Waals surface area contributed by atoms with E-state index in [9.17, 15) is 9.18 Å². The number of carbonyl (C=O) groups is 1. The number of amides is 1. The zero-order valence-corrected chi connectivity index (χ0v) is 13.0. The second kappa shape index (κ2) is 6.54. The predicted octanol–water partition coefficient (Wildman–Crippen LogP) is 3.47. The number of halogens is 1. The van der Waals surface area contributed by atoms with Crippen molar-refractivity contribution in [2.45, 2.75) is 13.5 Å². The summed E-state index contributed by atoms with van der Waals surface area (Å²) in [5.41, 5.74) is 8.23. The molecule has 0 saturated heterocycles. The fraction of sp³-hybridized carbons (Fsp3) is 0.111. The van der Waals surface area contributed by atoms with Crippen LogP contribution in [0.25, 0.3) is 11.3 Å². The Morgan fingerprint density at radius 3 is 2.62 bits per heavy atom. The number of carbonyl (C=O) groups excluding carboxylic acids is 1. The van der Waals surface area contributed by atoms with Crippen molar-refractivity contribution in [1.29, 1.82) is 0 Å². The van der Waals surface area contributed by atoms with Gasteiger partial charge in [0.05, 0.1) is 0 Å². The maximum absolute atomic E-state index is 13.2. The molecule has 0 atom stereocenters. The van der Waals surface area contributed by atoms with Gasteiger partial charge in [-0.1, -0.05) is 35.5 Å². The summed E-state index contributed by atoms with van der Waals surface area (Å²) in [5.74, 6) is -0.466. The number of aryl methyl sites for hydroxylation is 1. The molecule has 24 heavy (non-hydrogen) atoms. The molecule has 0 aliphatic carbocycles. The van der Waals surface area contributed by atoms with Gasteiger partial charge in [-0.25, -0.2) is 4.39 Å². The first-order valence-electron chi connectivity index (χ1n) is 7.28. The number of primary amides is 1. The van der Waals surface area contributed by atoms with Gasteiger partial charge in [0.25, 0.3) is 5.91 Å². The Labute approximate surface area is 137 Å². The first-order valence-corrected chi connectivity index (χ1v) is 7.28. The lowest BCUT2D eigenvalue weighted by molar-refractivity contribution is 0.0965. The van der Waals surface area contributed by atoms with Gasteiger partial charge in [0, 0.05) is 17.7 Å². The van der Waals surface area contributed by atoms with Crippen molar-refractivity contribution in [3.63, 3.8) is 0 Å². The van der Waals surface area contributed by atoms with Gasteiger partial charge in [0.15, 0.2) is 0 Å². The third-order valence-corrected chi connectivity index (χ3v) is 3.55. The molecule has 0 spiro atoms. The molecule has 0 unspecified atom stereocenters. The molecule has 3 rings (SSSR count). The van der Waals surface area contributed by atoms with E-state index in [2.05, 4.69) is 5.16 Å². The van der Waals surface area contributed by atoms with Crippen LogP contribution < -0.4 is 10.5 Å². The molecule has 0 aliphatic heterocycles. The van der Waals surface area contributed by atoms with Crippen LogP contribution in [-0.2, 0) is 6.61 Å². The number of aromatic nitrogens is 1. The molecule has 5 nitrogen and oxygen atoms in total. The molecule has 6 heteroatoms. The van der Waals surface area contributed by atoms with Crippen molar-refractivity contribution in [2.75, 3.05) is 0 Å². The van der Waals surface area contributed by atoms with Gasteiger partial charge in [-0.15, -0.1) is 0 Å². The van der Waals surface area contributed by atoms with Crippen molar-refractivity contribution < 1.29 is 18.4 Å². The van der Waals surface area contributed by atoms with Gasteiger partial charge in [-0.05, 0) is 24.1 Å². The van der Waals surface area contributed by atoms with Crippen LogP contribution in [-0.4, -0.2) is 11.1 Å². The molecule has 0 fully saturated rings. The average Bonchev–Trinajstić information content (AvgIpc) is 3.06. The molecule has 122 valence electrons. The highest BCUT2D eigenvalue weighted by Gasteiger charge is 2.10. The van der Waals surface area contributed by atoms with Crippen molar-refractivity contribution in [3.8, 4) is 17.0 Å². The molecule has 0 radical (unpaired) electrons. The number of rotatable bonds is 5. The molecule has 0 aliphatic rings. The summed E-state index contributed by atoms with van der Waals surface area (Å²) < 4.78 is 23.7. The van der Waals surface area contributed by atoms with Gasteiger partial charge in [-0.2, -0.15) is 0 Å². The summed E-state index contributed by atoms with van der Waals surface area (Å²) in [5, 5.41) is 3.80. The van der Waals surface area contributed by atoms with Gasteiger partial charge in [0.2, 0.25) is 5.76 Å². The van der Waals surface area contributed by atoms with E-state index < -0.39 is 5.91 Å². The Kier molecular flexibility index (Phi) is 4.29. The normalized spacial score (nSPS) is 10.6. The molecular weight excluding hydrogens is 311 g/mol. The van der Waals surface area contributed by atoms with E-state index in [1.54, 1.807) is 6.07 Å². The third-order valence-electron chi connectivity index (χ3n) is 3.55. The minimum atomic E-state index is -0.663. The minimum absolute atomic E-state index is 0.0130. The quantitative estimate of drug-likeness (QED) is 0.779. The maximum atomic E-state index is 13.2. The Morgan fingerprint density at radius 2 is 1.96 bits per heavy atom. The van der Waals surface area contributed by atoms with E-state index in [1.807, 2.05) is 31.2 Å². The zero-order chi connectivity index (χ0) is 17.1. The summed E-state index contributed by atoms with van der Waals surface area (Å²) >= 11 is 0. The molecule has 0 saturated carbocycles. The van der Waals surface area contributed by atoms with Crippen LogP contribution in [0.2, 0.25) is 0 Å². The van der Waals surface area contributed by atoms with E-state index in [4.69, 9.17) is 15.0 Å². The molecule has 1 heterocycles. The fourth-order valence-electron chi connectivity index (χ4n) is 2.19. The van der Waals surface area contributed by atoms with Gasteiger partial charge < -0.3 is 15.0 Å². The van der Waals surface area contributed by atoms with Crippen molar-refractivity contribution in [3.05, 3.63) is 71.2 Å². The Bertz CT molecular complexity index is 872. The van der Waals surface area contributed by atoms with Crippen molar-refractivity contribution in [2.24, 2.45) is 5.73 Å². The van der Waals surface area contributed by atoms with Crippen molar-refractivity contribution in [1.82, 2.24) is 5.16 Å². The van der Waals surface area contributed by atoms with Crippen LogP contribution in [0.15, 0.2) is 53.1 Å².